The highest BCUT2D eigenvalue weighted by Gasteiger charge is 2.48. The van der Waals surface area contributed by atoms with Gasteiger partial charge in [-0.1, -0.05) is 13.8 Å². The quantitative estimate of drug-likeness (QED) is 0.733. The molecule has 0 spiro atoms. The third-order valence-electron chi connectivity index (χ3n) is 6.48. The molecule has 2 aromatic carbocycles. The predicted molar refractivity (Wildman–Crippen MR) is 112 cm³/mol. The topological polar surface area (TPSA) is 77.4 Å². The van der Waals surface area contributed by atoms with Gasteiger partial charge < -0.3 is 29.2 Å². The van der Waals surface area contributed by atoms with E-state index < -0.39 is 0 Å². The molecule has 4 atom stereocenters. The average molecular weight is 414 g/mol. The zero-order chi connectivity index (χ0) is 21.4. The molecule has 2 aliphatic heterocycles. The molecule has 0 amide bonds. The first kappa shape index (κ1) is 20.8. The Kier molecular flexibility index (Phi) is 5.80. The van der Waals surface area contributed by atoms with E-state index in [-0.39, 0.29) is 35.5 Å². The fraction of sp³-hybridized carbons (Fsp3) is 0.500. The van der Waals surface area contributed by atoms with Crippen molar-refractivity contribution in [2.24, 2.45) is 11.8 Å². The molecule has 2 heterocycles. The van der Waals surface area contributed by atoms with Gasteiger partial charge in [0.05, 0.1) is 39.6 Å². The fourth-order valence-corrected chi connectivity index (χ4v) is 4.79. The minimum atomic E-state index is -0.107. The second kappa shape index (κ2) is 8.36. The number of phenolic OH excluding ortho intramolecular Hbond substituents is 2. The monoisotopic (exact) mass is 414 g/mol. The Morgan fingerprint density at radius 1 is 0.767 bits per heavy atom. The smallest absolute Gasteiger partial charge is 0.161 e. The SMILES string of the molecule is CCc1cc([C@H]2OC[C@H]3[C@@H]2CO[C@H]3c2cc(CC)c(O)c(OC)c2)cc(OC)c1O. The minimum absolute atomic E-state index is 0.107. The minimum Gasteiger partial charge on any atom is -0.504 e. The van der Waals surface area contributed by atoms with E-state index in [0.717, 1.165) is 22.3 Å². The molecule has 6 nitrogen and oxygen atoms in total. The molecule has 162 valence electrons. The highest BCUT2D eigenvalue weighted by Crippen LogP contribution is 2.52. The Hall–Kier alpha value is -2.44. The second-order valence-electron chi connectivity index (χ2n) is 8.00. The summed E-state index contributed by atoms with van der Waals surface area (Å²) in [7, 11) is 3.13. The number of benzene rings is 2. The molecule has 0 unspecified atom stereocenters. The standard InChI is InChI=1S/C24H30O6/c1-5-13-7-15(9-19(27-3)21(13)25)23-17-11-30-24(18(17)12-29-23)16-8-14(6-2)22(26)20(10-16)28-4/h7-10,17-18,23-26H,5-6,11-12H2,1-4H3/t17-,18-,23-,24+/m0/s1. The molecule has 0 aliphatic carbocycles. The Labute approximate surface area is 177 Å². The molecule has 0 bridgehead atoms. The van der Waals surface area contributed by atoms with Crippen molar-refractivity contribution in [3.63, 3.8) is 0 Å². The van der Waals surface area contributed by atoms with Crippen LogP contribution in [0.15, 0.2) is 24.3 Å². The van der Waals surface area contributed by atoms with Crippen LogP contribution in [-0.2, 0) is 22.3 Å². The summed E-state index contributed by atoms with van der Waals surface area (Å²) in [5.74, 6) is 1.76. The highest BCUT2D eigenvalue weighted by atomic mass is 16.5. The third kappa shape index (κ3) is 3.38. The van der Waals surface area contributed by atoms with Crippen molar-refractivity contribution in [2.75, 3.05) is 27.4 Å². The van der Waals surface area contributed by atoms with Gasteiger partial charge in [-0.3, -0.25) is 0 Å². The Morgan fingerprint density at radius 3 is 1.50 bits per heavy atom. The second-order valence-corrected chi connectivity index (χ2v) is 8.00. The first-order chi connectivity index (χ1) is 14.5. The lowest BCUT2D eigenvalue weighted by atomic mass is 9.84. The van der Waals surface area contributed by atoms with Crippen LogP contribution < -0.4 is 9.47 Å². The van der Waals surface area contributed by atoms with Gasteiger partial charge in [0.2, 0.25) is 0 Å². The van der Waals surface area contributed by atoms with E-state index in [0.29, 0.717) is 37.6 Å². The molecular weight excluding hydrogens is 384 g/mol. The first-order valence-electron chi connectivity index (χ1n) is 10.5. The van der Waals surface area contributed by atoms with Gasteiger partial charge in [-0.25, -0.2) is 0 Å². The molecule has 30 heavy (non-hydrogen) atoms. The van der Waals surface area contributed by atoms with E-state index in [1.165, 1.54) is 0 Å². The summed E-state index contributed by atoms with van der Waals surface area (Å²) in [5.41, 5.74) is 3.72. The van der Waals surface area contributed by atoms with E-state index in [1.807, 2.05) is 38.1 Å². The van der Waals surface area contributed by atoms with Crippen molar-refractivity contribution >= 4 is 0 Å². The van der Waals surface area contributed by atoms with Gasteiger partial charge >= 0.3 is 0 Å². The van der Waals surface area contributed by atoms with Gasteiger partial charge in [0.25, 0.3) is 0 Å². The lowest BCUT2D eigenvalue weighted by molar-refractivity contribution is 0.0191. The Morgan fingerprint density at radius 2 is 1.17 bits per heavy atom. The maximum atomic E-state index is 10.3. The van der Waals surface area contributed by atoms with Gasteiger partial charge in [0.1, 0.15) is 0 Å². The average Bonchev–Trinajstić information content (AvgIpc) is 3.36. The summed E-state index contributed by atoms with van der Waals surface area (Å²) in [4.78, 5) is 0. The molecule has 2 N–H and O–H groups in total. The van der Waals surface area contributed by atoms with Crippen LogP contribution >= 0.6 is 0 Å². The fourth-order valence-electron chi connectivity index (χ4n) is 4.79. The van der Waals surface area contributed by atoms with Crippen molar-refractivity contribution in [3.8, 4) is 23.0 Å². The molecule has 2 aliphatic rings. The molecule has 4 rings (SSSR count). The van der Waals surface area contributed by atoms with Crippen LogP contribution in [0.3, 0.4) is 0 Å². The van der Waals surface area contributed by atoms with Crippen LogP contribution in [0.25, 0.3) is 0 Å². The molecule has 2 saturated heterocycles. The lowest BCUT2D eigenvalue weighted by Gasteiger charge is -2.20. The van der Waals surface area contributed by atoms with E-state index in [2.05, 4.69) is 0 Å². The van der Waals surface area contributed by atoms with Crippen molar-refractivity contribution in [1.82, 2.24) is 0 Å². The van der Waals surface area contributed by atoms with Crippen LogP contribution in [0.2, 0.25) is 0 Å². The van der Waals surface area contributed by atoms with Gasteiger partial charge in [0.15, 0.2) is 23.0 Å². The Bertz CT molecular complexity index is 798. The number of fused-ring (bicyclic) bond motifs is 1. The number of rotatable bonds is 6. The predicted octanol–water partition coefficient (Wildman–Crippen LogP) is 4.32. The number of hydrogen-bond acceptors (Lipinski definition) is 6. The van der Waals surface area contributed by atoms with Crippen LogP contribution in [0.5, 0.6) is 23.0 Å². The van der Waals surface area contributed by atoms with Crippen molar-refractivity contribution in [3.05, 3.63) is 46.5 Å². The van der Waals surface area contributed by atoms with Gasteiger partial charge in [-0.2, -0.15) is 0 Å². The summed E-state index contributed by atoms with van der Waals surface area (Å²) < 4.78 is 23.2. The largest absolute Gasteiger partial charge is 0.504 e. The molecular formula is C24H30O6. The molecule has 2 fully saturated rings. The zero-order valence-corrected chi connectivity index (χ0v) is 18.0. The summed E-state index contributed by atoms with van der Waals surface area (Å²) in [5, 5.41) is 20.7. The molecule has 6 heteroatoms. The summed E-state index contributed by atoms with van der Waals surface area (Å²) in [6.45, 7) is 5.20. The summed E-state index contributed by atoms with van der Waals surface area (Å²) >= 11 is 0. The number of aromatic hydroxyl groups is 2. The molecule has 0 radical (unpaired) electrons. The third-order valence-corrected chi connectivity index (χ3v) is 6.48. The number of methoxy groups -OCH3 is 2. The van der Waals surface area contributed by atoms with E-state index in [1.54, 1.807) is 14.2 Å². The molecule has 0 saturated carbocycles. The van der Waals surface area contributed by atoms with Crippen LogP contribution in [-0.4, -0.2) is 37.6 Å². The maximum Gasteiger partial charge on any atom is 0.161 e. The van der Waals surface area contributed by atoms with Gasteiger partial charge in [-0.15, -0.1) is 0 Å². The normalized spacial score (nSPS) is 25.3. The molecule has 2 aromatic rings. The maximum absolute atomic E-state index is 10.3. The number of hydrogen-bond donors (Lipinski definition) is 2. The van der Waals surface area contributed by atoms with E-state index in [4.69, 9.17) is 18.9 Å². The Balaban J connectivity index is 1.63. The highest BCUT2D eigenvalue weighted by molar-refractivity contribution is 5.50. The molecule has 0 aromatic heterocycles. The number of aryl methyl sites for hydroxylation is 2. The van der Waals surface area contributed by atoms with Crippen molar-refractivity contribution in [1.29, 1.82) is 0 Å². The summed E-state index contributed by atoms with van der Waals surface area (Å²) in [6, 6.07) is 7.76. The first-order valence-corrected chi connectivity index (χ1v) is 10.5. The van der Waals surface area contributed by atoms with Crippen LogP contribution in [0.1, 0.15) is 48.3 Å². The van der Waals surface area contributed by atoms with Crippen LogP contribution in [0.4, 0.5) is 0 Å². The van der Waals surface area contributed by atoms with E-state index >= 15 is 0 Å². The van der Waals surface area contributed by atoms with Crippen LogP contribution in [0, 0.1) is 11.8 Å². The summed E-state index contributed by atoms with van der Waals surface area (Å²) in [6.07, 6.45) is 1.21. The zero-order valence-electron chi connectivity index (χ0n) is 18.0. The van der Waals surface area contributed by atoms with E-state index in [9.17, 15) is 10.2 Å². The van der Waals surface area contributed by atoms with Crippen molar-refractivity contribution in [2.45, 2.75) is 38.9 Å². The number of ether oxygens (including phenoxy) is 4. The lowest BCUT2D eigenvalue weighted by Crippen LogP contribution is -2.15. The van der Waals surface area contributed by atoms with Gasteiger partial charge in [0, 0.05) is 11.8 Å². The number of phenols is 2. The van der Waals surface area contributed by atoms with Gasteiger partial charge in [-0.05, 0) is 59.4 Å². The van der Waals surface area contributed by atoms with Crippen molar-refractivity contribution < 1.29 is 29.2 Å².